The fourth-order valence-corrected chi connectivity index (χ4v) is 2.84. The molecule has 1 fully saturated rings. The summed E-state index contributed by atoms with van der Waals surface area (Å²) >= 11 is 0. The van der Waals surface area contributed by atoms with E-state index in [9.17, 15) is 9.59 Å². The van der Waals surface area contributed by atoms with E-state index in [0.717, 1.165) is 12.0 Å². The zero-order valence-corrected chi connectivity index (χ0v) is 14.5. The largest absolute Gasteiger partial charge is 0.367 e. The Kier molecular flexibility index (Phi) is 5.58. The molecular weight excluding hydrogens is 290 g/mol. The molecule has 23 heavy (non-hydrogen) atoms. The van der Waals surface area contributed by atoms with E-state index >= 15 is 0 Å². The highest BCUT2D eigenvalue weighted by Gasteiger charge is 2.38. The average Bonchev–Trinajstić information content (AvgIpc) is 2.49. The van der Waals surface area contributed by atoms with E-state index in [-0.39, 0.29) is 23.8 Å². The van der Waals surface area contributed by atoms with Gasteiger partial charge in [-0.15, -0.1) is 5.06 Å². The van der Waals surface area contributed by atoms with Crippen molar-refractivity contribution in [2.24, 2.45) is 5.41 Å². The molecule has 0 radical (unpaired) electrons. The van der Waals surface area contributed by atoms with Gasteiger partial charge in [-0.05, 0) is 39.2 Å². The van der Waals surface area contributed by atoms with Crippen LogP contribution in [0.25, 0.3) is 0 Å². The molecule has 0 aromatic heterocycles. The van der Waals surface area contributed by atoms with Crippen molar-refractivity contribution in [3.05, 3.63) is 35.9 Å². The Hall–Kier alpha value is -1.68. The summed E-state index contributed by atoms with van der Waals surface area (Å²) in [5, 5.41) is 1.79. The van der Waals surface area contributed by atoms with E-state index in [4.69, 9.17) is 4.84 Å². The van der Waals surface area contributed by atoms with Crippen LogP contribution in [0.15, 0.2) is 30.3 Å². The predicted octanol–water partition coefficient (Wildman–Crippen LogP) is 3.55. The van der Waals surface area contributed by atoms with E-state index in [1.54, 1.807) is 5.06 Å². The molecular formula is C19H27NO3. The highest BCUT2D eigenvalue weighted by atomic mass is 16.7. The van der Waals surface area contributed by atoms with Gasteiger partial charge in [-0.25, -0.2) is 4.79 Å². The lowest BCUT2D eigenvalue weighted by atomic mass is 9.91. The lowest BCUT2D eigenvalue weighted by Gasteiger charge is -2.40. The molecule has 4 nitrogen and oxygen atoms in total. The second kappa shape index (κ2) is 7.26. The summed E-state index contributed by atoms with van der Waals surface area (Å²) in [5.74, 6) is 0.00389. The van der Waals surface area contributed by atoms with Crippen LogP contribution in [0.4, 0.5) is 0 Å². The SMILES string of the molecule is CCC1CC(=O)CC(Cc2ccccc2)N1OC(=O)C(C)(C)C. The summed E-state index contributed by atoms with van der Waals surface area (Å²) in [5.41, 5.74) is 0.593. The third-order valence-electron chi connectivity index (χ3n) is 4.23. The highest BCUT2D eigenvalue weighted by Crippen LogP contribution is 2.28. The van der Waals surface area contributed by atoms with Crippen LogP contribution in [0.5, 0.6) is 0 Å². The normalized spacial score (nSPS) is 22.9. The van der Waals surface area contributed by atoms with Crippen LogP contribution in [-0.2, 0) is 20.8 Å². The molecule has 1 heterocycles. The van der Waals surface area contributed by atoms with Crippen molar-refractivity contribution in [3.63, 3.8) is 0 Å². The molecule has 2 atom stereocenters. The van der Waals surface area contributed by atoms with Gasteiger partial charge in [0.25, 0.3) is 0 Å². The third-order valence-corrected chi connectivity index (χ3v) is 4.23. The Balaban J connectivity index is 2.19. The van der Waals surface area contributed by atoms with Gasteiger partial charge in [0.1, 0.15) is 5.78 Å². The van der Waals surface area contributed by atoms with Gasteiger partial charge >= 0.3 is 5.97 Å². The Morgan fingerprint density at radius 1 is 1.17 bits per heavy atom. The van der Waals surface area contributed by atoms with Crippen molar-refractivity contribution in [3.8, 4) is 0 Å². The molecule has 0 aliphatic carbocycles. The fraction of sp³-hybridized carbons (Fsp3) is 0.579. The van der Waals surface area contributed by atoms with E-state index < -0.39 is 5.41 Å². The first-order chi connectivity index (χ1) is 10.8. The number of piperidine rings is 1. The molecule has 4 heteroatoms. The number of carbonyl (C=O) groups is 2. The maximum atomic E-state index is 12.3. The maximum Gasteiger partial charge on any atom is 0.330 e. The molecule has 0 spiro atoms. The molecule has 1 aliphatic rings. The van der Waals surface area contributed by atoms with E-state index in [1.165, 1.54) is 0 Å². The number of hydroxylamine groups is 2. The number of hydrogen-bond acceptors (Lipinski definition) is 4. The zero-order chi connectivity index (χ0) is 17.0. The number of rotatable bonds is 4. The minimum Gasteiger partial charge on any atom is -0.367 e. The number of hydrogen-bond donors (Lipinski definition) is 0. The molecule has 1 aromatic rings. The molecule has 1 aromatic carbocycles. The Morgan fingerprint density at radius 2 is 1.78 bits per heavy atom. The van der Waals surface area contributed by atoms with E-state index in [2.05, 4.69) is 0 Å². The monoisotopic (exact) mass is 317 g/mol. The summed E-state index contributed by atoms with van der Waals surface area (Å²) in [7, 11) is 0. The van der Waals surface area contributed by atoms with Gasteiger partial charge in [-0.1, -0.05) is 37.3 Å². The minimum atomic E-state index is -0.558. The van der Waals surface area contributed by atoms with Crippen molar-refractivity contribution < 1.29 is 14.4 Å². The van der Waals surface area contributed by atoms with Gasteiger partial charge in [0, 0.05) is 12.8 Å². The van der Waals surface area contributed by atoms with Crippen LogP contribution in [-0.4, -0.2) is 28.9 Å². The van der Waals surface area contributed by atoms with E-state index in [1.807, 2.05) is 58.0 Å². The van der Waals surface area contributed by atoms with Crippen molar-refractivity contribution in [1.29, 1.82) is 0 Å². The van der Waals surface area contributed by atoms with Gasteiger partial charge in [-0.3, -0.25) is 4.79 Å². The number of carbonyl (C=O) groups excluding carboxylic acids is 2. The van der Waals surface area contributed by atoms with Gasteiger partial charge < -0.3 is 4.84 Å². The van der Waals surface area contributed by atoms with Crippen LogP contribution in [0.3, 0.4) is 0 Å². The van der Waals surface area contributed by atoms with Crippen molar-refractivity contribution in [1.82, 2.24) is 5.06 Å². The molecule has 0 saturated carbocycles. The van der Waals surface area contributed by atoms with Crippen LogP contribution in [0.2, 0.25) is 0 Å². The number of benzene rings is 1. The van der Waals surface area contributed by atoms with Crippen LogP contribution < -0.4 is 0 Å². The Labute approximate surface area is 138 Å². The average molecular weight is 317 g/mol. The van der Waals surface area contributed by atoms with Crippen LogP contribution >= 0.6 is 0 Å². The molecule has 0 N–H and O–H groups in total. The second-order valence-corrected chi connectivity index (χ2v) is 7.34. The van der Waals surface area contributed by atoms with Gasteiger partial charge in [0.2, 0.25) is 0 Å². The molecule has 1 aliphatic heterocycles. The first kappa shape index (κ1) is 17.7. The lowest BCUT2D eigenvalue weighted by Crippen LogP contribution is -2.52. The fourth-order valence-electron chi connectivity index (χ4n) is 2.84. The molecule has 0 amide bonds. The van der Waals surface area contributed by atoms with Crippen molar-refractivity contribution in [2.45, 2.75) is 65.5 Å². The topological polar surface area (TPSA) is 46.6 Å². The number of ketones is 1. The molecule has 1 saturated heterocycles. The zero-order valence-electron chi connectivity index (χ0n) is 14.5. The molecule has 126 valence electrons. The van der Waals surface area contributed by atoms with Gasteiger partial charge in [0.05, 0.1) is 17.5 Å². The predicted molar refractivity (Wildman–Crippen MR) is 89.6 cm³/mol. The summed E-state index contributed by atoms with van der Waals surface area (Å²) in [6.45, 7) is 7.56. The Bertz CT molecular complexity index is 547. The lowest BCUT2D eigenvalue weighted by molar-refractivity contribution is -0.231. The summed E-state index contributed by atoms with van der Waals surface area (Å²) in [6, 6.07) is 9.92. The summed E-state index contributed by atoms with van der Waals surface area (Å²) in [6.07, 6.45) is 2.39. The van der Waals surface area contributed by atoms with Gasteiger partial charge in [-0.2, -0.15) is 0 Å². The Morgan fingerprint density at radius 3 is 2.35 bits per heavy atom. The highest BCUT2D eigenvalue weighted by molar-refractivity contribution is 5.81. The van der Waals surface area contributed by atoms with Gasteiger partial charge in [0.15, 0.2) is 0 Å². The molecule has 2 unspecified atom stereocenters. The standard InChI is InChI=1S/C19H27NO3/c1-5-15-12-17(21)13-16(11-14-9-7-6-8-10-14)20(15)23-18(22)19(2,3)4/h6-10,15-16H,5,11-13H2,1-4H3. The molecule has 0 bridgehead atoms. The molecule has 2 rings (SSSR count). The van der Waals surface area contributed by atoms with E-state index in [0.29, 0.717) is 19.3 Å². The second-order valence-electron chi connectivity index (χ2n) is 7.34. The minimum absolute atomic E-state index is 0.0312. The quantitative estimate of drug-likeness (QED) is 0.852. The third kappa shape index (κ3) is 4.64. The van der Waals surface area contributed by atoms with Crippen molar-refractivity contribution >= 4 is 11.8 Å². The van der Waals surface area contributed by atoms with Crippen molar-refractivity contribution in [2.75, 3.05) is 0 Å². The summed E-state index contributed by atoms with van der Waals surface area (Å²) < 4.78 is 0. The first-order valence-electron chi connectivity index (χ1n) is 8.37. The smallest absolute Gasteiger partial charge is 0.330 e. The van der Waals surface area contributed by atoms with Crippen LogP contribution in [0.1, 0.15) is 52.5 Å². The number of nitrogens with zero attached hydrogens (tertiary/aromatic N) is 1. The number of Topliss-reactive ketones (excluding diaryl/α,β-unsaturated/α-hetero) is 1. The maximum absolute atomic E-state index is 12.3. The summed E-state index contributed by atoms with van der Waals surface area (Å²) in [4.78, 5) is 30.2. The first-order valence-corrected chi connectivity index (χ1v) is 8.37. The van der Waals surface area contributed by atoms with Crippen LogP contribution in [0, 0.1) is 5.41 Å².